The minimum atomic E-state index is -3.20. The Labute approximate surface area is 178 Å². The second-order valence-electron chi connectivity index (χ2n) is 8.03. The maximum absolute atomic E-state index is 12.8. The van der Waals surface area contributed by atoms with Crippen LogP contribution in [0, 0.1) is 5.92 Å². The Morgan fingerprint density at radius 1 is 1.35 bits per heavy atom. The van der Waals surface area contributed by atoms with Crippen molar-refractivity contribution >= 4 is 32.8 Å². The van der Waals surface area contributed by atoms with Crippen molar-refractivity contribution < 1.29 is 17.7 Å². The number of nitrogens with zero attached hydrogens (tertiary/aromatic N) is 5. The van der Waals surface area contributed by atoms with Crippen molar-refractivity contribution in [2.24, 2.45) is 5.92 Å². The number of nitrogens with one attached hydrogen (secondary N) is 2. The van der Waals surface area contributed by atoms with Crippen LogP contribution in [0.5, 0.6) is 0 Å². The predicted molar refractivity (Wildman–Crippen MR) is 112 cm³/mol. The molecule has 1 unspecified atom stereocenters. The monoisotopic (exact) mass is 445 g/mol. The second kappa shape index (κ2) is 7.61. The lowest BCUT2D eigenvalue weighted by atomic mass is 10.0. The summed E-state index contributed by atoms with van der Waals surface area (Å²) in [4.78, 5) is 26.7. The van der Waals surface area contributed by atoms with Gasteiger partial charge in [0.25, 0.3) is 5.91 Å². The van der Waals surface area contributed by atoms with Crippen LogP contribution in [0.1, 0.15) is 28.2 Å². The highest BCUT2D eigenvalue weighted by molar-refractivity contribution is 7.88. The Morgan fingerprint density at radius 2 is 2.23 bits per heavy atom. The molecule has 31 heavy (non-hydrogen) atoms. The van der Waals surface area contributed by atoms with Gasteiger partial charge >= 0.3 is 0 Å². The molecule has 1 fully saturated rings. The molecule has 164 valence electrons. The van der Waals surface area contributed by atoms with Gasteiger partial charge in [-0.1, -0.05) is 5.16 Å². The fourth-order valence-corrected chi connectivity index (χ4v) is 5.18. The number of hydrogen-bond donors (Lipinski definition) is 2. The molecule has 1 atom stereocenters. The van der Waals surface area contributed by atoms with Crippen molar-refractivity contribution in [3.05, 3.63) is 35.6 Å². The molecular formula is C19H23N7O4S. The summed E-state index contributed by atoms with van der Waals surface area (Å²) < 4.78 is 30.2. The highest BCUT2D eigenvalue weighted by atomic mass is 32.2. The average Bonchev–Trinajstić information content (AvgIpc) is 3.49. The average molecular weight is 446 g/mol. The quantitative estimate of drug-likeness (QED) is 0.580. The molecule has 12 heteroatoms. The molecule has 0 aliphatic carbocycles. The summed E-state index contributed by atoms with van der Waals surface area (Å²) in [6.45, 7) is 2.46. The molecule has 3 aromatic rings. The maximum Gasteiger partial charge on any atom is 0.273 e. The molecule has 1 saturated heterocycles. The largest absolute Gasteiger partial charge is 0.360 e. The van der Waals surface area contributed by atoms with Gasteiger partial charge < -0.3 is 19.7 Å². The lowest BCUT2D eigenvalue weighted by molar-refractivity contribution is 0.0938. The van der Waals surface area contributed by atoms with Gasteiger partial charge in [-0.2, -0.15) is 0 Å². The fourth-order valence-electron chi connectivity index (χ4n) is 4.26. The summed E-state index contributed by atoms with van der Waals surface area (Å²) in [6.07, 6.45) is 5.90. The lowest BCUT2D eigenvalue weighted by Crippen LogP contribution is -2.35. The minimum Gasteiger partial charge on any atom is -0.360 e. The van der Waals surface area contributed by atoms with Gasteiger partial charge in [0.1, 0.15) is 23.6 Å². The first-order chi connectivity index (χ1) is 14.9. The fraction of sp³-hybridized carbons (Fsp3) is 0.474. The number of rotatable bonds is 5. The molecule has 0 spiro atoms. The predicted octanol–water partition coefficient (Wildman–Crippen LogP) is 0.520. The lowest BCUT2D eigenvalue weighted by Gasteiger charge is -2.27. The highest BCUT2D eigenvalue weighted by Gasteiger charge is 2.31. The number of hydrogen-bond acceptors (Lipinski definition) is 8. The summed E-state index contributed by atoms with van der Waals surface area (Å²) in [5.74, 6) is 1.29. The molecule has 0 bridgehead atoms. The van der Waals surface area contributed by atoms with Gasteiger partial charge in [0.2, 0.25) is 10.0 Å². The number of aromatic amines is 1. The van der Waals surface area contributed by atoms with Gasteiger partial charge in [0.05, 0.1) is 18.2 Å². The Kier molecular flexibility index (Phi) is 4.89. The standard InChI is InChI=1S/C19H23N7O4S/c1-31(28,29)26-7-3-12(9-26)8-21-19(27)16-14-10-25(6-4-15(14)30-24-16)18-13-2-5-20-17(13)22-11-23-18/h2,5,11-12H,3-4,6-10H2,1H3,(H,21,27)(H,20,22,23). The zero-order valence-electron chi connectivity index (χ0n) is 17.0. The minimum absolute atomic E-state index is 0.0841. The molecule has 2 N–H and O–H groups in total. The first-order valence-electron chi connectivity index (χ1n) is 10.1. The van der Waals surface area contributed by atoms with E-state index in [1.165, 1.54) is 16.9 Å². The van der Waals surface area contributed by atoms with E-state index in [1.54, 1.807) is 0 Å². The number of sulfonamides is 1. The van der Waals surface area contributed by atoms with Crippen LogP contribution >= 0.6 is 0 Å². The third-order valence-electron chi connectivity index (χ3n) is 5.94. The Hall–Kier alpha value is -2.99. The van der Waals surface area contributed by atoms with E-state index >= 15 is 0 Å². The molecule has 3 aromatic heterocycles. The van der Waals surface area contributed by atoms with E-state index in [0.717, 1.165) is 28.8 Å². The Bertz CT molecular complexity index is 1240. The van der Waals surface area contributed by atoms with E-state index in [0.29, 0.717) is 44.9 Å². The van der Waals surface area contributed by atoms with E-state index in [4.69, 9.17) is 4.52 Å². The van der Waals surface area contributed by atoms with E-state index in [-0.39, 0.29) is 17.5 Å². The van der Waals surface area contributed by atoms with Crippen LogP contribution in [0.15, 0.2) is 23.1 Å². The van der Waals surface area contributed by atoms with Crippen LogP contribution in [0.3, 0.4) is 0 Å². The highest BCUT2D eigenvalue weighted by Crippen LogP contribution is 2.29. The second-order valence-corrected chi connectivity index (χ2v) is 10.0. The molecule has 11 nitrogen and oxygen atoms in total. The Balaban J connectivity index is 1.28. The maximum atomic E-state index is 12.8. The summed E-state index contributed by atoms with van der Waals surface area (Å²) in [7, 11) is -3.20. The van der Waals surface area contributed by atoms with Crippen LogP contribution in [0.4, 0.5) is 5.82 Å². The summed E-state index contributed by atoms with van der Waals surface area (Å²) in [6, 6.07) is 1.93. The van der Waals surface area contributed by atoms with Crippen molar-refractivity contribution in [3.8, 4) is 0 Å². The van der Waals surface area contributed by atoms with Crippen molar-refractivity contribution in [2.75, 3.05) is 37.3 Å². The number of fused-ring (bicyclic) bond motifs is 2. The van der Waals surface area contributed by atoms with Crippen molar-refractivity contribution in [3.63, 3.8) is 0 Å². The van der Waals surface area contributed by atoms with Gasteiger partial charge in [0.15, 0.2) is 5.69 Å². The van der Waals surface area contributed by atoms with Crippen LogP contribution < -0.4 is 10.2 Å². The Morgan fingerprint density at radius 3 is 3.03 bits per heavy atom. The van der Waals surface area contributed by atoms with Crippen LogP contribution in [0.25, 0.3) is 11.0 Å². The van der Waals surface area contributed by atoms with Crippen molar-refractivity contribution in [1.29, 1.82) is 0 Å². The number of H-pyrrole nitrogens is 1. The van der Waals surface area contributed by atoms with Crippen LogP contribution in [-0.2, 0) is 23.0 Å². The van der Waals surface area contributed by atoms with Crippen molar-refractivity contribution in [2.45, 2.75) is 19.4 Å². The van der Waals surface area contributed by atoms with E-state index in [1.807, 2.05) is 12.3 Å². The molecule has 2 aliphatic rings. The molecule has 5 rings (SSSR count). The molecule has 2 aliphatic heterocycles. The molecule has 1 amide bonds. The van der Waals surface area contributed by atoms with Crippen LogP contribution in [-0.4, -0.2) is 71.2 Å². The molecule has 0 saturated carbocycles. The van der Waals surface area contributed by atoms with Gasteiger partial charge in [-0.25, -0.2) is 22.7 Å². The zero-order chi connectivity index (χ0) is 21.6. The number of carbonyl (C=O) groups is 1. The molecule has 0 aromatic carbocycles. The normalized spacial score (nSPS) is 19.6. The summed E-state index contributed by atoms with van der Waals surface area (Å²) in [5, 5.41) is 7.84. The smallest absolute Gasteiger partial charge is 0.273 e. The molecule has 0 radical (unpaired) electrons. The van der Waals surface area contributed by atoms with E-state index in [9.17, 15) is 13.2 Å². The molecular weight excluding hydrogens is 422 g/mol. The summed E-state index contributed by atoms with van der Waals surface area (Å²) >= 11 is 0. The van der Waals surface area contributed by atoms with Gasteiger partial charge in [-0.05, 0) is 18.4 Å². The van der Waals surface area contributed by atoms with Crippen molar-refractivity contribution in [1.82, 2.24) is 29.7 Å². The molecule has 5 heterocycles. The van der Waals surface area contributed by atoms with Gasteiger partial charge in [-0.3, -0.25) is 4.79 Å². The number of aromatic nitrogens is 4. The van der Waals surface area contributed by atoms with Gasteiger partial charge in [-0.15, -0.1) is 0 Å². The SMILES string of the molecule is CS(=O)(=O)N1CCC(CNC(=O)c2noc3c2CN(c2ncnc4[nH]ccc24)CC3)C1. The third-order valence-corrected chi connectivity index (χ3v) is 7.21. The van der Waals surface area contributed by atoms with Gasteiger partial charge in [0, 0.05) is 44.4 Å². The first kappa shape index (κ1) is 19.9. The number of carbonyl (C=O) groups excluding carboxylic acids is 1. The summed E-state index contributed by atoms with van der Waals surface area (Å²) in [5.41, 5.74) is 1.80. The third kappa shape index (κ3) is 3.76. The first-order valence-corrected chi connectivity index (χ1v) is 12.0. The van der Waals surface area contributed by atoms with E-state index in [2.05, 4.69) is 30.3 Å². The number of anilines is 1. The van der Waals surface area contributed by atoms with Crippen LogP contribution in [0.2, 0.25) is 0 Å². The zero-order valence-corrected chi connectivity index (χ0v) is 17.9. The van der Waals surface area contributed by atoms with E-state index < -0.39 is 10.0 Å². The number of amides is 1. The topological polar surface area (TPSA) is 137 Å².